The molecule has 4 aromatic rings. The van der Waals surface area contributed by atoms with Crippen LogP contribution >= 0.6 is 0 Å². The van der Waals surface area contributed by atoms with Crippen LogP contribution in [-0.2, 0) is 30.5 Å². The molecule has 2 unspecified atom stereocenters. The maximum absolute atomic E-state index is 13.1. The highest BCUT2D eigenvalue weighted by Gasteiger charge is 2.45. The number of anilines is 1. The minimum atomic E-state index is -4.26. The van der Waals surface area contributed by atoms with Crippen LogP contribution in [0.15, 0.2) is 42.7 Å². The third kappa shape index (κ3) is 7.52. The molecule has 0 radical (unpaired) electrons. The van der Waals surface area contributed by atoms with E-state index in [0.717, 1.165) is 101 Å². The second kappa shape index (κ2) is 14.5. The summed E-state index contributed by atoms with van der Waals surface area (Å²) >= 11 is 0. The predicted molar refractivity (Wildman–Crippen MR) is 196 cm³/mol. The van der Waals surface area contributed by atoms with Crippen molar-refractivity contribution in [1.29, 1.82) is 5.26 Å². The van der Waals surface area contributed by atoms with Crippen molar-refractivity contribution in [3.63, 3.8) is 0 Å². The molecule has 13 heteroatoms. The van der Waals surface area contributed by atoms with Crippen molar-refractivity contribution in [2.75, 3.05) is 63.0 Å². The first-order valence-corrected chi connectivity index (χ1v) is 19.4. The zero-order valence-electron chi connectivity index (χ0n) is 29.8. The lowest BCUT2D eigenvalue weighted by molar-refractivity contribution is -0.127. The van der Waals surface area contributed by atoms with Gasteiger partial charge in [0.15, 0.2) is 0 Å². The summed E-state index contributed by atoms with van der Waals surface area (Å²) in [6, 6.07) is 13.9. The Balaban J connectivity index is 0.980. The van der Waals surface area contributed by atoms with E-state index in [1.807, 2.05) is 13.0 Å². The zero-order chi connectivity index (χ0) is 35.9. The summed E-state index contributed by atoms with van der Waals surface area (Å²) in [7, 11) is -0.912. The SMILES string of the molecule is CCS(=O)N1CCCN(C(C)Cn2c(C#N)cc3c(C)c(CN4CCC5(CC4)CN(c4ncnc6ccc(CC(F)(F)F)cc46)C5)ccc32)CC1. The number of fused-ring (bicyclic) bond motifs is 2. The van der Waals surface area contributed by atoms with Crippen LogP contribution in [-0.4, -0.2) is 103 Å². The Labute approximate surface area is 300 Å². The first kappa shape index (κ1) is 35.8. The summed E-state index contributed by atoms with van der Waals surface area (Å²) < 4.78 is 55.9. The van der Waals surface area contributed by atoms with Crippen LogP contribution in [0.2, 0.25) is 0 Å². The standard InChI is InChI=1S/C38H47F3N8OS/c1-4-51(50)48-13-5-12-46(16-17-48)27(2)22-49-31(21-42)19-32-28(3)30(7-9-35(32)49)23-45-14-10-37(11-15-45)24-47(25-37)36-33-18-29(20-38(39,40)41)6-8-34(33)43-26-44-36/h6-9,18-19,26-27H,4-5,10-17,20,22-25H2,1-3H3. The first-order valence-electron chi connectivity index (χ1n) is 18.1. The molecule has 9 nitrogen and oxygen atoms in total. The molecule has 3 fully saturated rings. The number of benzene rings is 2. The van der Waals surface area contributed by atoms with Crippen molar-refractivity contribution in [1.82, 2.24) is 28.6 Å². The number of hydrogen-bond acceptors (Lipinski definition) is 7. The van der Waals surface area contributed by atoms with Crippen molar-refractivity contribution in [3.8, 4) is 6.07 Å². The fourth-order valence-corrected chi connectivity index (χ4v) is 9.42. The lowest BCUT2D eigenvalue weighted by Crippen LogP contribution is -2.60. The number of nitriles is 1. The maximum atomic E-state index is 13.1. The highest BCUT2D eigenvalue weighted by atomic mass is 32.2. The molecule has 0 aliphatic carbocycles. The van der Waals surface area contributed by atoms with E-state index in [2.05, 4.69) is 65.6 Å². The summed E-state index contributed by atoms with van der Waals surface area (Å²) in [6.07, 6.45) is -0.618. The number of halogens is 3. The average molecular weight is 721 g/mol. The van der Waals surface area contributed by atoms with Gasteiger partial charge in [-0.15, -0.1) is 0 Å². The van der Waals surface area contributed by atoms with Gasteiger partial charge in [0.1, 0.15) is 23.9 Å². The smallest absolute Gasteiger partial charge is 0.355 e. The molecule has 272 valence electrons. The lowest BCUT2D eigenvalue weighted by Gasteiger charge is -2.54. The Morgan fingerprint density at radius 2 is 1.78 bits per heavy atom. The van der Waals surface area contributed by atoms with E-state index in [9.17, 15) is 22.6 Å². The van der Waals surface area contributed by atoms with Gasteiger partial charge in [-0.2, -0.15) is 18.4 Å². The van der Waals surface area contributed by atoms with Gasteiger partial charge in [-0.3, -0.25) is 9.80 Å². The van der Waals surface area contributed by atoms with Gasteiger partial charge in [-0.05, 0) is 93.7 Å². The fourth-order valence-electron chi connectivity index (χ4n) is 8.44. The molecule has 0 N–H and O–H groups in total. The molecular formula is C38H47F3N8OS. The second-order valence-electron chi connectivity index (χ2n) is 14.8. The number of hydrogen-bond donors (Lipinski definition) is 0. The van der Waals surface area contributed by atoms with Crippen LogP contribution in [0.5, 0.6) is 0 Å². The molecule has 7 rings (SSSR count). The molecule has 2 atom stereocenters. The Bertz CT molecular complexity index is 1960. The van der Waals surface area contributed by atoms with Crippen molar-refractivity contribution >= 4 is 38.6 Å². The maximum Gasteiger partial charge on any atom is 0.393 e. The van der Waals surface area contributed by atoms with Crippen molar-refractivity contribution in [2.45, 2.75) is 71.8 Å². The summed E-state index contributed by atoms with van der Waals surface area (Å²) in [5.41, 5.74) is 5.36. The predicted octanol–water partition coefficient (Wildman–Crippen LogP) is 6.05. The summed E-state index contributed by atoms with van der Waals surface area (Å²) in [5.74, 6) is 1.38. The largest absolute Gasteiger partial charge is 0.393 e. The molecule has 1 spiro atoms. The topological polar surface area (TPSA) is 84.5 Å². The minimum Gasteiger partial charge on any atom is -0.355 e. The Kier molecular flexibility index (Phi) is 10.1. The highest BCUT2D eigenvalue weighted by Crippen LogP contribution is 2.44. The molecule has 3 saturated heterocycles. The molecule has 3 aliphatic rings. The van der Waals surface area contributed by atoms with Gasteiger partial charge in [0.05, 0.1) is 22.9 Å². The summed E-state index contributed by atoms with van der Waals surface area (Å²) in [5, 5.41) is 11.9. The van der Waals surface area contributed by atoms with Gasteiger partial charge in [0.25, 0.3) is 0 Å². The van der Waals surface area contributed by atoms with E-state index < -0.39 is 23.6 Å². The Hall–Kier alpha value is -3.57. The number of rotatable bonds is 9. The van der Waals surface area contributed by atoms with E-state index in [1.165, 1.54) is 23.5 Å². The Morgan fingerprint density at radius 1 is 1.00 bits per heavy atom. The van der Waals surface area contributed by atoms with Crippen LogP contribution in [0.25, 0.3) is 21.8 Å². The van der Waals surface area contributed by atoms with Gasteiger partial charge in [0, 0.05) is 79.3 Å². The number of nitrogens with zero attached hydrogens (tertiary/aromatic N) is 8. The molecule has 0 saturated carbocycles. The third-order valence-corrected chi connectivity index (χ3v) is 12.9. The van der Waals surface area contributed by atoms with Gasteiger partial charge in [-0.1, -0.05) is 19.1 Å². The minimum absolute atomic E-state index is 0.185. The van der Waals surface area contributed by atoms with Crippen molar-refractivity contribution in [2.24, 2.45) is 5.41 Å². The molecule has 0 bridgehead atoms. The average Bonchev–Trinajstić information content (AvgIpc) is 3.26. The molecular weight excluding hydrogens is 674 g/mol. The third-order valence-electron chi connectivity index (χ3n) is 11.4. The van der Waals surface area contributed by atoms with Crippen LogP contribution in [0, 0.1) is 23.7 Å². The van der Waals surface area contributed by atoms with Crippen LogP contribution in [0.1, 0.15) is 55.5 Å². The second-order valence-corrected chi connectivity index (χ2v) is 16.5. The molecule has 2 aromatic carbocycles. The normalized spacial score (nSPS) is 20.4. The van der Waals surface area contributed by atoms with E-state index >= 15 is 0 Å². The van der Waals surface area contributed by atoms with Crippen LogP contribution < -0.4 is 4.90 Å². The summed E-state index contributed by atoms with van der Waals surface area (Å²) in [4.78, 5) is 16.0. The van der Waals surface area contributed by atoms with E-state index in [4.69, 9.17) is 0 Å². The lowest BCUT2D eigenvalue weighted by atomic mass is 9.72. The summed E-state index contributed by atoms with van der Waals surface area (Å²) in [6.45, 7) is 15.1. The van der Waals surface area contributed by atoms with Crippen LogP contribution in [0.4, 0.5) is 19.0 Å². The van der Waals surface area contributed by atoms with E-state index in [1.54, 1.807) is 12.1 Å². The molecule has 3 aliphatic heterocycles. The first-order chi connectivity index (χ1) is 24.5. The monoisotopic (exact) mass is 720 g/mol. The van der Waals surface area contributed by atoms with Crippen molar-refractivity contribution in [3.05, 3.63) is 65.1 Å². The number of aryl methyl sites for hydroxylation is 1. The number of likely N-dealkylation sites (tertiary alicyclic amines) is 1. The molecule has 0 amide bonds. The van der Waals surface area contributed by atoms with Gasteiger partial charge < -0.3 is 9.47 Å². The number of alkyl halides is 3. The Morgan fingerprint density at radius 3 is 2.51 bits per heavy atom. The van der Waals surface area contributed by atoms with Crippen molar-refractivity contribution < 1.29 is 17.4 Å². The number of piperidine rings is 1. The van der Waals surface area contributed by atoms with Crippen LogP contribution in [0.3, 0.4) is 0 Å². The van der Waals surface area contributed by atoms with Gasteiger partial charge in [0.2, 0.25) is 0 Å². The molecule has 51 heavy (non-hydrogen) atoms. The molecule has 5 heterocycles. The number of aromatic nitrogens is 3. The molecule has 2 aromatic heterocycles. The van der Waals surface area contributed by atoms with E-state index in [-0.39, 0.29) is 17.0 Å². The van der Waals surface area contributed by atoms with Gasteiger partial charge >= 0.3 is 6.18 Å². The highest BCUT2D eigenvalue weighted by molar-refractivity contribution is 7.82. The zero-order valence-corrected chi connectivity index (χ0v) is 30.6. The van der Waals surface area contributed by atoms with Gasteiger partial charge in [-0.25, -0.2) is 18.5 Å². The quantitative estimate of drug-likeness (QED) is 0.208. The fraction of sp³-hybridized carbons (Fsp3) is 0.553. The van der Waals surface area contributed by atoms with E-state index in [0.29, 0.717) is 22.3 Å².